The average molecular weight is 358 g/mol. The molecule has 1 N–H and O–H groups in total. The summed E-state index contributed by atoms with van der Waals surface area (Å²) in [7, 11) is 0. The first-order valence-electron chi connectivity index (χ1n) is 8.18. The third-order valence-corrected chi connectivity index (χ3v) is 4.00. The Morgan fingerprint density at radius 3 is 2.67 bits per heavy atom. The summed E-state index contributed by atoms with van der Waals surface area (Å²) < 4.78 is 5.72. The third kappa shape index (κ3) is 3.52. The number of hydrazone groups is 1. The number of hydrogen-bond donors (Lipinski definition) is 1. The zero-order valence-electron chi connectivity index (χ0n) is 14.1. The van der Waals surface area contributed by atoms with Crippen LogP contribution in [0.3, 0.4) is 0 Å². The lowest BCUT2D eigenvalue weighted by Gasteiger charge is -2.03. The molecule has 2 aromatic carbocycles. The van der Waals surface area contributed by atoms with Crippen LogP contribution in [-0.2, 0) is 0 Å². The van der Waals surface area contributed by atoms with Crippen molar-refractivity contribution in [3.8, 4) is 11.3 Å². The van der Waals surface area contributed by atoms with Crippen molar-refractivity contribution in [2.75, 3.05) is 5.43 Å². The summed E-state index contributed by atoms with van der Waals surface area (Å²) in [6, 6.07) is 19.5. The highest BCUT2D eigenvalue weighted by Gasteiger charge is 2.08. The summed E-state index contributed by atoms with van der Waals surface area (Å²) >= 11 is 0. The Bertz CT molecular complexity index is 1130. The summed E-state index contributed by atoms with van der Waals surface area (Å²) in [4.78, 5) is 14.7. The molecule has 4 rings (SSSR count). The van der Waals surface area contributed by atoms with Gasteiger partial charge in [0.05, 0.1) is 22.3 Å². The highest BCUT2D eigenvalue weighted by atomic mass is 16.6. The molecule has 0 saturated heterocycles. The van der Waals surface area contributed by atoms with E-state index in [9.17, 15) is 10.1 Å². The number of anilines is 1. The second-order valence-corrected chi connectivity index (χ2v) is 5.76. The molecule has 0 aliphatic carbocycles. The third-order valence-electron chi connectivity index (χ3n) is 4.00. The summed E-state index contributed by atoms with van der Waals surface area (Å²) in [6.07, 6.45) is 3.30. The van der Waals surface area contributed by atoms with E-state index in [1.54, 1.807) is 36.7 Å². The van der Waals surface area contributed by atoms with Crippen LogP contribution in [0, 0.1) is 10.1 Å². The fourth-order valence-electron chi connectivity index (χ4n) is 2.68. The zero-order chi connectivity index (χ0) is 18.6. The number of nitrogens with one attached hydrogen (secondary N) is 1. The van der Waals surface area contributed by atoms with Crippen LogP contribution in [0.5, 0.6) is 0 Å². The number of furan rings is 1. The topological polar surface area (TPSA) is 93.6 Å². The van der Waals surface area contributed by atoms with Gasteiger partial charge in [-0.2, -0.15) is 5.10 Å². The largest absolute Gasteiger partial charge is 0.455 e. The van der Waals surface area contributed by atoms with E-state index < -0.39 is 4.92 Å². The molecular weight excluding hydrogens is 344 g/mol. The minimum atomic E-state index is -0.433. The molecule has 4 aromatic rings. The van der Waals surface area contributed by atoms with Crippen molar-refractivity contribution in [1.29, 1.82) is 0 Å². The van der Waals surface area contributed by atoms with Gasteiger partial charge < -0.3 is 4.42 Å². The number of rotatable bonds is 5. The fourth-order valence-corrected chi connectivity index (χ4v) is 2.68. The first kappa shape index (κ1) is 16.5. The van der Waals surface area contributed by atoms with Crippen LogP contribution in [0.4, 0.5) is 11.4 Å². The smallest absolute Gasteiger partial charge is 0.269 e. The maximum Gasteiger partial charge on any atom is 0.269 e. The van der Waals surface area contributed by atoms with Crippen LogP contribution >= 0.6 is 0 Å². The number of aromatic nitrogens is 1. The van der Waals surface area contributed by atoms with Crippen LogP contribution in [0.2, 0.25) is 0 Å². The van der Waals surface area contributed by atoms with E-state index in [-0.39, 0.29) is 5.69 Å². The van der Waals surface area contributed by atoms with Gasteiger partial charge in [0.25, 0.3) is 5.69 Å². The molecule has 27 heavy (non-hydrogen) atoms. The normalized spacial score (nSPS) is 11.1. The molecule has 0 bridgehead atoms. The van der Waals surface area contributed by atoms with Crippen LogP contribution in [-0.4, -0.2) is 16.1 Å². The molecule has 0 saturated carbocycles. The summed E-state index contributed by atoms with van der Waals surface area (Å²) in [5, 5.41) is 16.0. The second kappa shape index (κ2) is 7.09. The lowest BCUT2D eigenvalue weighted by molar-refractivity contribution is -0.384. The van der Waals surface area contributed by atoms with Gasteiger partial charge in [-0.25, -0.2) is 0 Å². The molecule has 0 atom stereocenters. The molecule has 0 radical (unpaired) electrons. The predicted molar refractivity (Wildman–Crippen MR) is 104 cm³/mol. The molecule has 0 fully saturated rings. The van der Waals surface area contributed by atoms with Crippen LogP contribution in [0.25, 0.3) is 22.2 Å². The van der Waals surface area contributed by atoms with E-state index in [1.165, 1.54) is 12.1 Å². The van der Waals surface area contributed by atoms with Gasteiger partial charge in [0, 0.05) is 29.3 Å². The molecule has 0 aliphatic heterocycles. The number of nitro groups is 1. The molecule has 132 valence electrons. The van der Waals surface area contributed by atoms with Gasteiger partial charge in [0.1, 0.15) is 11.5 Å². The van der Waals surface area contributed by atoms with Gasteiger partial charge in [-0.05, 0) is 36.4 Å². The van der Waals surface area contributed by atoms with Gasteiger partial charge in [-0.15, -0.1) is 0 Å². The lowest BCUT2D eigenvalue weighted by atomic mass is 10.1. The van der Waals surface area contributed by atoms with Crippen molar-refractivity contribution in [2.45, 2.75) is 0 Å². The van der Waals surface area contributed by atoms with E-state index >= 15 is 0 Å². The SMILES string of the molecule is O=[N+]([O-])c1ccc(-c2ccc(/C=N\Nc3cccc4cccnc34)o2)cc1. The maximum atomic E-state index is 10.7. The molecule has 0 amide bonds. The van der Waals surface area contributed by atoms with E-state index in [0.717, 1.165) is 22.2 Å². The minimum Gasteiger partial charge on any atom is -0.455 e. The van der Waals surface area contributed by atoms with Gasteiger partial charge in [0.2, 0.25) is 0 Å². The minimum absolute atomic E-state index is 0.0417. The Kier molecular flexibility index (Phi) is 4.32. The molecule has 2 aromatic heterocycles. The summed E-state index contributed by atoms with van der Waals surface area (Å²) in [6.45, 7) is 0. The van der Waals surface area contributed by atoms with Crippen molar-refractivity contribution in [2.24, 2.45) is 5.10 Å². The highest BCUT2D eigenvalue weighted by molar-refractivity contribution is 5.90. The Labute approximate surface area is 154 Å². The molecule has 7 heteroatoms. The number of non-ortho nitro benzene ring substituents is 1. The van der Waals surface area contributed by atoms with E-state index in [0.29, 0.717) is 11.5 Å². The summed E-state index contributed by atoms with van der Waals surface area (Å²) in [5.74, 6) is 1.17. The number of pyridine rings is 1. The number of hydrogen-bond acceptors (Lipinski definition) is 6. The molecule has 0 spiro atoms. The zero-order valence-corrected chi connectivity index (χ0v) is 14.1. The van der Waals surface area contributed by atoms with Crippen LogP contribution in [0.1, 0.15) is 5.76 Å². The number of benzene rings is 2. The fraction of sp³-hybridized carbons (Fsp3) is 0. The second-order valence-electron chi connectivity index (χ2n) is 5.76. The van der Waals surface area contributed by atoms with Crippen molar-refractivity contribution in [3.63, 3.8) is 0 Å². The molecule has 0 unspecified atom stereocenters. The van der Waals surface area contributed by atoms with Gasteiger partial charge in [-0.1, -0.05) is 18.2 Å². The number of nitro benzene ring substituents is 1. The van der Waals surface area contributed by atoms with Crippen molar-refractivity contribution in [3.05, 3.63) is 88.8 Å². The Balaban J connectivity index is 1.49. The van der Waals surface area contributed by atoms with Crippen LogP contribution < -0.4 is 5.43 Å². The molecule has 2 heterocycles. The van der Waals surface area contributed by atoms with Crippen molar-refractivity contribution in [1.82, 2.24) is 4.98 Å². The maximum absolute atomic E-state index is 10.7. The van der Waals surface area contributed by atoms with Crippen molar-refractivity contribution < 1.29 is 9.34 Å². The monoisotopic (exact) mass is 358 g/mol. The highest BCUT2D eigenvalue weighted by Crippen LogP contribution is 2.24. The first-order chi connectivity index (χ1) is 13.2. The van der Waals surface area contributed by atoms with Gasteiger partial charge in [0.15, 0.2) is 0 Å². The molecule has 7 nitrogen and oxygen atoms in total. The van der Waals surface area contributed by atoms with Crippen LogP contribution in [0.15, 0.2) is 82.4 Å². The van der Waals surface area contributed by atoms with Crippen molar-refractivity contribution >= 4 is 28.5 Å². The predicted octanol–water partition coefficient (Wildman–Crippen LogP) is 4.85. The number of fused-ring (bicyclic) bond motifs is 1. The Morgan fingerprint density at radius 1 is 1.04 bits per heavy atom. The number of para-hydroxylation sites is 1. The Morgan fingerprint density at radius 2 is 1.85 bits per heavy atom. The van der Waals surface area contributed by atoms with E-state index in [4.69, 9.17) is 4.42 Å². The lowest BCUT2D eigenvalue weighted by Crippen LogP contribution is -1.92. The van der Waals surface area contributed by atoms with E-state index in [1.807, 2.05) is 30.3 Å². The summed E-state index contributed by atoms with van der Waals surface area (Å²) in [5.41, 5.74) is 5.41. The standard InChI is InChI=1S/C20H14N4O3/c25-24(26)16-8-6-14(7-9-16)19-11-10-17(27-19)13-22-23-18-5-1-3-15-4-2-12-21-20(15)18/h1-13,23H/b22-13-. The number of nitrogens with zero attached hydrogens (tertiary/aromatic N) is 3. The molecule has 0 aliphatic rings. The Hall–Kier alpha value is -4.00. The molecular formula is C20H14N4O3. The first-order valence-corrected chi connectivity index (χ1v) is 8.18. The van der Waals surface area contributed by atoms with Gasteiger partial charge >= 0.3 is 0 Å². The quantitative estimate of drug-likeness (QED) is 0.313. The van der Waals surface area contributed by atoms with Gasteiger partial charge in [-0.3, -0.25) is 20.5 Å². The average Bonchev–Trinajstić information content (AvgIpc) is 3.17. The van der Waals surface area contributed by atoms with E-state index in [2.05, 4.69) is 15.5 Å².